The van der Waals surface area contributed by atoms with E-state index in [1.54, 1.807) is 13.8 Å². The van der Waals surface area contributed by atoms with Gasteiger partial charge in [0.15, 0.2) is 7.85 Å². The first kappa shape index (κ1) is 13.5. The molecule has 0 unspecified atom stereocenters. The van der Waals surface area contributed by atoms with Gasteiger partial charge in [0.05, 0.1) is 5.40 Å². The summed E-state index contributed by atoms with van der Waals surface area (Å²) in [5.41, 5.74) is 0.153. The molecule has 0 heterocycles. The number of hydrogen-bond acceptors (Lipinski definition) is 4. The van der Waals surface area contributed by atoms with E-state index in [0.717, 1.165) is 0 Å². The predicted octanol–water partition coefficient (Wildman–Crippen LogP) is -4.12. The zero-order valence-electron chi connectivity index (χ0n) is 9.29. The number of carbonyl (C=O) groups excluding carboxylic acids is 1. The van der Waals surface area contributed by atoms with E-state index in [9.17, 15) is 15.0 Å². The van der Waals surface area contributed by atoms with Gasteiger partial charge in [0.25, 0.3) is 0 Å². The van der Waals surface area contributed by atoms with Gasteiger partial charge in [-0.05, 0) is 0 Å². The SMILES string of the molecule is BC(O)(O)C(B)(B)ONC(=O)C(C)C. The predicted molar refractivity (Wildman–Crippen MR) is 59.6 cm³/mol. The van der Waals surface area contributed by atoms with Crippen LogP contribution < -0.4 is 5.48 Å². The van der Waals surface area contributed by atoms with Crippen LogP contribution in [0.2, 0.25) is 0 Å². The van der Waals surface area contributed by atoms with Gasteiger partial charge in [-0.2, -0.15) is 0 Å². The van der Waals surface area contributed by atoms with Crippen molar-refractivity contribution in [3.63, 3.8) is 0 Å². The van der Waals surface area contributed by atoms with Crippen LogP contribution in [-0.4, -0.2) is 50.7 Å². The normalized spacial score (nSPS) is 12.9. The molecule has 3 N–H and O–H groups in total. The lowest BCUT2D eigenvalue weighted by molar-refractivity contribution is -0.194. The van der Waals surface area contributed by atoms with E-state index >= 15 is 0 Å². The fourth-order valence-corrected chi connectivity index (χ4v) is 0.392. The number of rotatable bonds is 4. The molecule has 0 saturated carbocycles. The molecule has 0 aliphatic carbocycles. The Balaban J connectivity index is 4.20. The molecule has 5 nitrogen and oxygen atoms in total. The summed E-state index contributed by atoms with van der Waals surface area (Å²) in [6.45, 7) is 3.42. The Morgan fingerprint density at radius 3 is 2.07 bits per heavy atom. The maximum Gasteiger partial charge on any atom is 0.246 e. The molecule has 0 aromatic rings. The number of hydroxylamine groups is 1. The smallest absolute Gasteiger partial charge is 0.246 e. The number of carbonyl (C=O) groups is 1. The molecular weight excluding hydrogens is 183 g/mol. The highest BCUT2D eigenvalue weighted by atomic mass is 16.7. The van der Waals surface area contributed by atoms with Gasteiger partial charge in [0.2, 0.25) is 5.91 Å². The van der Waals surface area contributed by atoms with Crippen LogP contribution in [0.4, 0.5) is 0 Å². The molecule has 8 heteroatoms. The van der Waals surface area contributed by atoms with E-state index in [0.29, 0.717) is 0 Å². The van der Waals surface area contributed by atoms with Crippen LogP contribution >= 0.6 is 0 Å². The van der Waals surface area contributed by atoms with E-state index in [2.05, 4.69) is 5.48 Å². The average Bonchev–Trinajstić information content (AvgIpc) is 1.97. The molecule has 14 heavy (non-hydrogen) atoms. The number of amides is 1. The van der Waals surface area contributed by atoms with Crippen molar-refractivity contribution in [2.75, 3.05) is 0 Å². The van der Waals surface area contributed by atoms with Crippen LogP contribution in [0.5, 0.6) is 0 Å². The maximum absolute atomic E-state index is 11.1. The van der Waals surface area contributed by atoms with Gasteiger partial charge in [-0.3, -0.25) is 9.63 Å². The Morgan fingerprint density at radius 1 is 1.36 bits per heavy atom. The summed E-state index contributed by atoms with van der Waals surface area (Å²) in [5, 5.41) is 17.3. The molecule has 0 radical (unpaired) electrons. The summed E-state index contributed by atoms with van der Waals surface area (Å²) in [4.78, 5) is 16.0. The quantitative estimate of drug-likeness (QED) is 0.244. The molecule has 78 valence electrons. The van der Waals surface area contributed by atoms with Gasteiger partial charge >= 0.3 is 0 Å². The first-order chi connectivity index (χ1) is 6.08. The van der Waals surface area contributed by atoms with Gasteiger partial charge in [-0.1, -0.05) is 13.8 Å². The zero-order chi connectivity index (χ0) is 11.6. The van der Waals surface area contributed by atoms with Gasteiger partial charge in [0, 0.05) is 5.92 Å². The van der Waals surface area contributed by atoms with E-state index in [1.165, 1.54) is 23.5 Å². The number of hydrogen-bond donors (Lipinski definition) is 3. The first-order valence-corrected chi connectivity index (χ1v) is 4.50. The summed E-state index contributed by atoms with van der Waals surface area (Å²) in [6.07, 6.45) is 0. The molecule has 1 amide bonds. The standard InChI is InChI=1S/C6H16B3NO4/c1-3(2)4(11)10-14-5(7,8)6(9,12)13/h3,12-13H,7-9H2,1-2H3,(H,10,11). The first-order valence-electron chi connectivity index (χ1n) is 4.50. The maximum atomic E-state index is 11.1. The number of nitrogens with one attached hydrogen (secondary N) is 1. The third-order valence-electron chi connectivity index (χ3n) is 2.07. The fraction of sp³-hybridized carbons (Fsp3) is 0.833. The van der Waals surface area contributed by atoms with Gasteiger partial charge < -0.3 is 10.2 Å². The Morgan fingerprint density at radius 2 is 1.79 bits per heavy atom. The van der Waals surface area contributed by atoms with E-state index in [4.69, 9.17) is 4.84 Å². The summed E-state index contributed by atoms with van der Waals surface area (Å²) in [7, 11) is 4.12. The second kappa shape index (κ2) is 4.38. The van der Waals surface area contributed by atoms with Crippen LogP contribution in [0.1, 0.15) is 13.8 Å². The minimum absolute atomic E-state index is 0.213. The van der Waals surface area contributed by atoms with E-state index in [1.807, 2.05) is 0 Å². The van der Waals surface area contributed by atoms with Crippen LogP contribution in [0.25, 0.3) is 0 Å². The fourth-order valence-electron chi connectivity index (χ4n) is 0.392. The molecular formula is C6H16B3NO4. The summed E-state index contributed by atoms with van der Waals surface area (Å²) < 4.78 is 0. The highest BCUT2D eigenvalue weighted by Gasteiger charge is 2.39. The molecule has 0 atom stereocenters. The lowest BCUT2D eigenvalue weighted by Crippen LogP contribution is -2.60. The van der Waals surface area contributed by atoms with Crippen molar-refractivity contribution in [2.24, 2.45) is 5.92 Å². The Kier molecular flexibility index (Phi) is 4.23. The zero-order valence-corrected chi connectivity index (χ0v) is 9.29. The third-order valence-corrected chi connectivity index (χ3v) is 2.07. The van der Waals surface area contributed by atoms with E-state index < -0.39 is 11.1 Å². The van der Waals surface area contributed by atoms with Crippen molar-refractivity contribution in [2.45, 2.75) is 24.9 Å². The van der Waals surface area contributed by atoms with Gasteiger partial charge in [-0.25, -0.2) is 5.48 Å². The molecule has 0 aliphatic rings. The minimum atomic E-state index is -2.02. The second-order valence-electron chi connectivity index (χ2n) is 4.25. The molecule has 0 saturated heterocycles. The van der Waals surface area contributed by atoms with Gasteiger partial charge in [-0.15, -0.1) is 0 Å². The third kappa shape index (κ3) is 3.73. The largest absolute Gasteiger partial charge is 0.373 e. The van der Waals surface area contributed by atoms with Crippen molar-refractivity contribution >= 4 is 29.4 Å². The van der Waals surface area contributed by atoms with Crippen LogP contribution in [0, 0.1) is 5.92 Å². The summed E-state index contributed by atoms with van der Waals surface area (Å²) in [5.74, 6) is -0.517. The second-order valence-corrected chi connectivity index (χ2v) is 4.25. The van der Waals surface area contributed by atoms with Gasteiger partial charge in [0.1, 0.15) is 21.4 Å². The van der Waals surface area contributed by atoms with Crippen molar-refractivity contribution in [3.8, 4) is 0 Å². The van der Waals surface area contributed by atoms with Crippen molar-refractivity contribution in [1.29, 1.82) is 0 Å². The molecule has 0 rings (SSSR count). The molecule has 0 bridgehead atoms. The lowest BCUT2D eigenvalue weighted by atomic mass is 9.54. The van der Waals surface area contributed by atoms with Crippen LogP contribution in [-0.2, 0) is 9.63 Å². The highest BCUT2D eigenvalue weighted by molar-refractivity contribution is 6.43. The summed E-state index contributed by atoms with van der Waals surface area (Å²) in [6, 6.07) is 0. The number of aliphatic hydroxyl groups is 2. The van der Waals surface area contributed by atoms with Crippen LogP contribution in [0.3, 0.4) is 0 Å². The van der Waals surface area contributed by atoms with Crippen molar-refractivity contribution in [3.05, 3.63) is 0 Å². The average molecular weight is 199 g/mol. The Labute approximate surface area is 86.4 Å². The topological polar surface area (TPSA) is 78.8 Å². The molecule has 0 aromatic carbocycles. The van der Waals surface area contributed by atoms with E-state index in [-0.39, 0.29) is 11.8 Å². The Bertz CT molecular complexity index is 214. The molecule has 0 aromatic heterocycles. The lowest BCUT2D eigenvalue weighted by Gasteiger charge is -2.35. The highest BCUT2D eigenvalue weighted by Crippen LogP contribution is 2.12. The molecule has 0 spiro atoms. The van der Waals surface area contributed by atoms with Crippen molar-refractivity contribution in [1.82, 2.24) is 5.48 Å². The monoisotopic (exact) mass is 199 g/mol. The molecule has 0 aliphatic heterocycles. The summed E-state index contributed by atoms with van der Waals surface area (Å²) >= 11 is 0. The minimum Gasteiger partial charge on any atom is -0.373 e. The van der Waals surface area contributed by atoms with Crippen LogP contribution in [0.15, 0.2) is 0 Å². The van der Waals surface area contributed by atoms with Crippen molar-refractivity contribution < 1.29 is 19.8 Å². The molecule has 0 fully saturated rings. The Hall–Kier alpha value is -0.455.